The van der Waals surface area contributed by atoms with Crippen molar-refractivity contribution in [2.45, 2.75) is 6.42 Å². The summed E-state index contributed by atoms with van der Waals surface area (Å²) in [5.74, 6) is 2.99. The number of hydrogen-bond acceptors (Lipinski definition) is 8. The van der Waals surface area contributed by atoms with Crippen LogP contribution in [0.5, 0.6) is 0 Å². The van der Waals surface area contributed by atoms with Crippen molar-refractivity contribution in [2.24, 2.45) is 0 Å². The van der Waals surface area contributed by atoms with Crippen LogP contribution in [0.25, 0.3) is 217 Å². The Kier molecular flexibility index (Phi) is 18.0. The number of aromatic nitrogens is 13. The topological polar surface area (TPSA) is 128 Å². The van der Waals surface area contributed by atoms with Crippen LogP contribution in [-0.4, -0.2) is 62.7 Å². The fraction of sp³-hybridized carbons (Fsp3) is 0.00885. The molecule has 1 aliphatic rings. The number of halogens is 1. The van der Waals surface area contributed by atoms with Crippen molar-refractivity contribution in [3.63, 3.8) is 0 Å². The zero-order valence-electron chi connectivity index (χ0n) is 68.3. The summed E-state index contributed by atoms with van der Waals surface area (Å²) in [7, 11) is 0. The molecule has 0 fully saturated rings. The lowest BCUT2D eigenvalue weighted by atomic mass is 9.98. The van der Waals surface area contributed by atoms with Gasteiger partial charge in [0.2, 0.25) is 11.2 Å². The van der Waals surface area contributed by atoms with Crippen molar-refractivity contribution < 1.29 is 0 Å². The molecule has 1 aliphatic carbocycles. The third kappa shape index (κ3) is 12.9. The quantitative estimate of drug-likeness (QED) is 0.125. The number of pyridine rings is 2. The van der Waals surface area contributed by atoms with Gasteiger partial charge in [-0.15, -0.1) is 0 Å². The van der Waals surface area contributed by atoms with Crippen LogP contribution in [0, 0.1) is 0 Å². The van der Waals surface area contributed by atoms with Gasteiger partial charge in [-0.25, -0.2) is 9.97 Å². The van der Waals surface area contributed by atoms with Gasteiger partial charge in [-0.2, -0.15) is 19.9 Å². The fourth-order valence-electron chi connectivity index (χ4n) is 18.9. The molecular weight excluding hydrogens is 1570 g/mol. The van der Waals surface area contributed by atoms with Gasteiger partial charge in [-0.1, -0.05) is 279 Å². The van der Waals surface area contributed by atoms with Crippen LogP contribution >= 0.6 is 11.6 Å². The molecule has 0 aliphatic heterocycles. The Hall–Kier alpha value is -16.9. The first-order valence-corrected chi connectivity index (χ1v) is 42.9. The van der Waals surface area contributed by atoms with Crippen LogP contribution in [0.3, 0.4) is 0 Å². The van der Waals surface area contributed by atoms with Gasteiger partial charge in [-0.05, 0) is 196 Å². The van der Waals surface area contributed by atoms with Gasteiger partial charge in [0.1, 0.15) is 0 Å². The molecule has 9 aromatic heterocycles. The number of nitrogens with zero attached hydrogens (tertiary/aromatic N) is 13. The first-order chi connectivity index (χ1) is 62.9. The minimum Gasteiger partial charge on any atom is -0.309 e. The van der Waals surface area contributed by atoms with Crippen LogP contribution in [0.15, 0.2) is 425 Å². The summed E-state index contributed by atoms with van der Waals surface area (Å²) in [6.45, 7) is 0. The molecular formula is C113H72ClN13. The second-order valence-corrected chi connectivity index (χ2v) is 32.3. The van der Waals surface area contributed by atoms with Crippen molar-refractivity contribution in [2.75, 3.05) is 0 Å². The average molecular weight is 1650 g/mol. The van der Waals surface area contributed by atoms with E-state index in [0.717, 1.165) is 139 Å². The molecule has 0 saturated carbocycles. The molecule has 127 heavy (non-hydrogen) atoms. The minimum absolute atomic E-state index is 0.202. The summed E-state index contributed by atoms with van der Waals surface area (Å²) in [6.07, 6.45) is 4.78. The molecule has 9 heterocycles. The molecule has 0 unspecified atom stereocenters. The predicted octanol–water partition coefficient (Wildman–Crippen LogP) is 27.9. The van der Waals surface area contributed by atoms with Gasteiger partial charge in [-0.3, -0.25) is 14.5 Å². The Morgan fingerprint density at radius 1 is 0.197 bits per heavy atom. The van der Waals surface area contributed by atoms with E-state index in [-0.39, 0.29) is 5.28 Å². The molecule has 0 saturated heterocycles. The van der Waals surface area contributed by atoms with Gasteiger partial charge in [0.05, 0.1) is 66.2 Å². The Bertz CT molecular complexity index is 8500. The third-order valence-corrected chi connectivity index (χ3v) is 24.8. The monoisotopic (exact) mass is 1650 g/mol. The molecule has 0 atom stereocenters. The highest BCUT2D eigenvalue weighted by atomic mass is 35.5. The number of rotatable bonds is 11. The minimum atomic E-state index is 0.202. The maximum absolute atomic E-state index is 5.99. The summed E-state index contributed by atoms with van der Waals surface area (Å²) in [6, 6.07) is 145. The molecule has 14 heteroatoms. The van der Waals surface area contributed by atoms with Crippen LogP contribution in [-0.2, 0) is 6.42 Å². The second-order valence-electron chi connectivity index (χ2n) is 31.9. The first-order valence-electron chi connectivity index (χ1n) is 42.5. The Balaban J connectivity index is 0.000000121. The molecule has 0 N–H and O–H groups in total. The normalized spacial score (nSPS) is 11.8. The lowest BCUT2D eigenvalue weighted by Crippen LogP contribution is -2.06. The van der Waals surface area contributed by atoms with Crippen LogP contribution < -0.4 is 0 Å². The van der Waals surface area contributed by atoms with E-state index in [4.69, 9.17) is 36.5 Å². The molecule has 26 rings (SSSR count). The number of para-hydroxylation sites is 5. The summed E-state index contributed by atoms with van der Waals surface area (Å²) in [5.41, 5.74) is 31.7. The van der Waals surface area contributed by atoms with Gasteiger partial charge in [0.15, 0.2) is 23.3 Å². The summed E-state index contributed by atoms with van der Waals surface area (Å²) in [4.78, 5) is 37.9. The lowest BCUT2D eigenvalue weighted by molar-refractivity contribution is 0.953. The zero-order valence-corrected chi connectivity index (χ0v) is 69.1. The number of fused-ring (bicyclic) bond motifs is 18. The SMILES string of the molecule is Clc1nc(-c2ccccc2)nc(-c2ccccc2)n1.c1ccc(-c2nc(-c3ccccc3)nc(-n3c4ccccc4c4ccc(-c5ccc6c(c5)c5ccccc5n6-c5ccc6c(c5)c5ncccc5n6-c5ccccc5)cc43)n2)cc1.c1ccc(-n2c3ccc(-n4c5ccccc5c5cc(-c6ccc7c(c6)Cc6ccccc6-7)ccc54)cc3c3ncccc32)cc1. The van der Waals surface area contributed by atoms with Crippen LogP contribution in [0.4, 0.5) is 0 Å². The smallest absolute Gasteiger partial charge is 0.238 e. The summed E-state index contributed by atoms with van der Waals surface area (Å²) >= 11 is 5.99. The van der Waals surface area contributed by atoms with E-state index in [1.165, 1.54) is 66.0 Å². The van der Waals surface area contributed by atoms with E-state index in [2.05, 4.69) is 317 Å². The van der Waals surface area contributed by atoms with Crippen molar-refractivity contribution in [1.29, 1.82) is 0 Å². The van der Waals surface area contributed by atoms with E-state index in [1.807, 2.05) is 146 Å². The highest BCUT2D eigenvalue weighted by Gasteiger charge is 2.25. The maximum Gasteiger partial charge on any atom is 0.238 e. The van der Waals surface area contributed by atoms with Gasteiger partial charge in [0, 0.05) is 100 Å². The standard InChI is InChI=1S/C56H35N7.C42H27N3.C15H10ClN3/c1-4-15-36(16-5-1)54-58-55(37-17-6-2-7-18-37)60-56(59-54)63-48-24-13-10-21-42(48)44-29-26-39(34-52(44)63)38-27-30-49-45(33-38)43-22-11-12-23-47(43)62(49)41-28-31-50-46(35-41)53-51(25-14-32-57-53)61(50)40-19-8-3-9-20-40;1-2-10-31(11-3-1)44-40-21-18-32(26-37(40)42-41(44)15-8-22-43-42)45-38-14-7-6-13-35(38)36-25-28(17-20-39(36)45)27-16-19-34-30(23-27)24-29-9-4-5-12-33(29)34;16-15-18-13(11-7-3-1-4-8-11)17-14(19-15)12-9-5-2-6-10-12/h1-35H;1-23,25-26H,24H2;1-10H. The zero-order chi connectivity index (χ0) is 84.0. The van der Waals surface area contributed by atoms with Gasteiger partial charge in [0.25, 0.3) is 0 Å². The molecule has 0 amide bonds. The van der Waals surface area contributed by atoms with E-state index in [9.17, 15) is 0 Å². The van der Waals surface area contributed by atoms with Gasteiger partial charge < -0.3 is 18.3 Å². The van der Waals surface area contributed by atoms with E-state index < -0.39 is 0 Å². The van der Waals surface area contributed by atoms with Crippen molar-refractivity contribution in [3.8, 4) is 108 Å². The molecule has 13 nitrogen and oxygen atoms in total. The second kappa shape index (κ2) is 30.9. The van der Waals surface area contributed by atoms with Crippen molar-refractivity contribution in [3.05, 3.63) is 441 Å². The fourth-order valence-corrected chi connectivity index (χ4v) is 19.0. The van der Waals surface area contributed by atoms with Crippen molar-refractivity contribution >= 4 is 121 Å². The highest BCUT2D eigenvalue weighted by Crippen LogP contribution is 2.45. The van der Waals surface area contributed by atoms with E-state index in [0.29, 0.717) is 29.2 Å². The van der Waals surface area contributed by atoms with E-state index in [1.54, 1.807) is 0 Å². The molecule has 25 aromatic rings. The van der Waals surface area contributed by atoms with Crippen LogP contribution in [0.1, 0.15) is 11.1 Å². The summed E-state index contributed by atoms with van der Waals surface area (Å²) in [5, 5.41) is 9.63. The Morgan fingerprint density at radius 3 is 1.02 bits per heavy atom. The molecule has 0 spiro atoms. The first kappa shape index (κ1) is 74.0. The average Bonchev–Trinajstić information content (AvgIpc) is 1.58. The third-order valence-electron chi connectivity index (χ3n) is 24.6. The van der Waals surface area contributed by atoms with Gasteiger partial charge >= 0.3 is 0 Å². The lowest BCUT2D eigenvalue weighted by Gasteiger charge is -2.12. The van der Waals surface area contributed by atoms with Crippen LogP contribution in [0.2, 0.25) is 5.28 Å². The molecule has 16 aromatic carbocycles. The predicted molar refractivity (Wildman–Crippen MR) is 519 cm³/mol. The Morgan fingerprint density at radius 2 is 0.535 bits per heavy atom. The number of benzene rings is 16. The number of hydrogen-bond donors (Lipinski definition) is 0. The molecule has 0 bridgehead atoms. The van der Waals surface area contributed by atoms with E-state index >= 15 is 0 Å². The molecule has 596 valence electrons. The van der Waals surface area contributed by atoms with Crippen molar-refractivity contribution in [1.82, 2.24) is 62.7 Å². The Labute approximate surface area is 734 Å². The highest BCUT2D eigenvalue weighted by molar-refractivity contribution is 6.28. The summed E-state index contributed by atoms with van der Waals surface area (Å²) < 4.78 is 11.6. The molecule has 0 radical (unpaired) electrons. The maximum atomic E-state index is 5.99. The largest absolute Gasteiger partial charge is 0.309 e.